The number of carbonyl (C=O) groups excluding carboxylic acids is 1. The van der Waals surface area contributed by atoms with Gasteiger partial charge in [-0.2, -0.15) is 5.10 Å². The van der Waals surface area contributed by atoms with Crippen LogP contribution in [0.3, 0.4) is 0 Å². The van der Waals surface area contributed by atoms with E-state index in [4.69, 9.17) is 10.5 Å². The maximum absolute atomic E-state index is 12.1. The summed E-state index contributed by atoms with van der Waals surface area (Å²) in [6, 6.07) is 7.35. The van der Waals surface area contributed by atoms with Gasteiger partial charge in [-0.15, -0.1) is 5.10 Å². The van der Waals surface area contributed by atoms with Gasteiger partial charge in [0, 0.05) is 17.1 Å². The molecule has 2 aromatic heterocycles. The molecule has 7 heteroatoms. The number of nitrogens with one attached hydrogen (secondary N) is 1. The van der Waals surface area contributed by atoms with Crippen molar-refractivity contribution in [3.63, 3.8) is 0 Å². The molecule has 0 aliphatic carbocycles. The van der Waals surface area contributed by atoms with Crippen molar-refractivity contribution in [2.75, 3.05) is 17.7 Å². The average molecular weight is 325 g/mol. The van der Waals surface area contributed by atoms with Gasteiger partial charge in [0.2, 0.25) is 5.95 Å². The normalized spacial score (nSPS) is 10.8. The third kappa shape index (κ3) is 2.76. The van der Waals surface area contributed by atoms with Crippen LogP contribution in [0.4, 0.5) is 17.3 Å². The van der Waals surface area contributed by atoms with E-state index < -0.39 is 0 Å². The summed E-state index contributed by atoms with van der Waals surface area (Å²) in [6.45, 7) is 5.93. The summed E-state index contributed by atoms with van der Waals surface area (Å²) in [5.74, 6) is 0.152. The van der Waals surface area contributed by atoms with Crippen molar-refractivity contribution < 1.29 is 9.53 Å². The van der Waals surface area contributed by atoms with Crippen LogP contribution in [0.5, 0.6) is 0 Å². The number of aryl methyl sites for hydroxylation is 2. The summed E-state index contributed by atoms with van der Waals surface area (Å²) in [5.41, 5.74) is 10.4. The van der Waals surface area contributed by atoms with E-state index in [-0.39, 0.29) is 5.97 Å². The lowest BCUT2D eigenvalue weighted by Crippen LogP contribution is -2.08. The molecule has 0 amide bonds. The van der Waals surface area contributed by atoms with Crippen molar-refractivity contribution in [1.82, 2.24) is 14.6 Å². The molecule has 3 aromatic rings. The number of hydrogen-bond donors (Lipinski definition) is 2. The van der Waals surface area contributed by atoms with E-state index in [0.29, 0.717) is 23.8 Å². The molecular formula is C17H19N5O2. The van der Waals surface area contributed by atoms with Gasteiger partial charge in [0.05, 0.1) is 23.9 Å². The summed E-state index contributed by atoms with van der Waals surface area (Å²) < 4.78 is 6.94. The molecule has 3 rings (SSSR count). The van der Waals surface area contributed by atoms with Gasteiger partial charge >= 0.3 is 5.97 Å². The number of esters is 1. The standard InChI is InChI=1S/C17H19N5O2/c1-4-24-16(23)14-8-13-9-19-21-17(22(13)11(14)3)20-15-7-12(18)6-5-10(15)2/h5-9H,4,18H2,1-3H3,(H,20,21). The van der Waals surface area contributed by atoms with Gasteiger partial charge in [0.25, 0.3) is 0 Å². The van der Waals surface area contributed by atoms with E-state index in [1.165, 1.54) is 0 Å². The number of aromatic nitrogens is 3. The Labute approximate surface area is 139 Å². The Hall–Kier alpha value is -3.09. The second-order valence-corrected chi connectivity index (χ2v) is 5.49. The number of hydrogen-bond acceptors (Lipinski definition) is 6. The van der Waals surface area contributed by atoms with E-state index in [0.717, 1.165) is 22.5 Å². The molecule has 124 valence electrons. The highest BCUT2D eigenvalue weighted by Crippen LogP contribution is 2.25. The fraction of sp³-hybridized carbons (Fsp3) is 0.235. The van der Waals surface area contributed by atoms with Gasteiger partial charge in [-0.3, -0.25) is 4.40 Å². The Kier molecular flexibility index (Phi) is 4.07. The van der Waals surface area contributed by atoms with Crippen LogP contribution in [-0.2, 0) is 4.74 Å². The molecule has 0 spiro atoms. The van der Waals surface area contributed by atoms with Crippen LogP contribution in [0.1, 0.15) is 28.5 Å². The van der Waals surface area contributed by atoms with E-state index >= 15 is 0 Å². The van der Waals surface area contributed by atoms with Crippen LogP contribution < -0.4 is 11.1 Å². The Morgan fingerprint density at radius 3 is 2.88 bits per heavy atom. The molecule has 2 heterocycles. The fourth-order valence-electron chi connectivity index (χ4n) is 2.59. The number of fused-ring (bicyclic) bond motifs is 1. The SMILES string of the molecule is CCOC(=O)c1cc2cnnc(Nc3cc(N)ccc3C)n2c1C. The van der Waals surface area contributed by atoms with E-state index in [2.05, 4.69) is 15.5 Å². The minimum absolute atomic E-state index is 0.328. The molecule has 0 aliphatic rings. The third-order valence-electron chi connectivity index (χ3n) is 3.83. The summed E-state index contributed by atoms with van der Waals surface area (Å²) in [4.78, 5) is 12.1. The molecular weight excluding hydrogens is 306 g/mol. The highest BCUT2D eigenvalue weighted by Gasteiger charge is 2.18. The third-order valence-corrected chi connectivity index (χ3v) is 3.83. The molecule has 0 bridgehead atoms. The van der Waals surface area contributed by atoms with E-state index in [1.54, 1.807) is 19.2 Å². The zero-order chi connectivity index (χ0) is 17.3. The molecule has 0 saturated carbocycles. The Balaban J connectivity index is 2.09. The molecule has 0 atom stereocenters. The zero-order valence-electron chi connectivity index (χ0n) is 13.8. The Morgan fingerprint density at radius 2 is 2.12 bits per heavy atom. The van der Waals surface area contributed by atoms with Crippen molar-refractivity contribution >= 4 is 28.8 Å². The van der Waals surface area contributed by atoms with Crippen LogP contribution >= 0.6 is 0 Å². The predicted molar refractivity (Wildman–Crippen MR) is 92.6 cm³/mol. The number of nitrogens with zero attached hydrogens (tertiary/aromatic N) is 3. The minimum atomic E-state index is -0.357. The maximum Gasteiger partial charge on any atom is 0.339 e. The summed E-state index contributed by atoms with van der Waals surface area (Å²) in [6.07, 6.45) is 1.60. The number of nitrogen functional groups attached to an aromatic ring is 1. The number of carbonyl (C=O) groups is 1. The first-order valence-corrected chi connectivity index (χ1v) is 7.65. The topological polar surface area (TPSA) is 94.5 Å². The highest BCUT2D eigenvalue weighted by atomic mass is 16.5. The van der Waals surface area contributed by atoms with Gasteiger partial charge in [0.15, 0.2) is 0 Å². The van der Waals surface area contributed by atoms with Crippen LogP contribution in [0.25, 0.3) is 5.52 Å². The van der Waals surface area contributed by atoms with Crippen molar-refractivity contribution in [3.8, 4) is 0 Å². The number of benzene rings is 1. The highest BCUT2D eigenvalue weighted by molar-refractivity contribution is 5.93. The average Bonchev–Trinajstić information content (AvgIpc) is 2.89. The summed E-state index contributed by atoms with van der Waals surface area (Å²) >= 11 is 0. The lowest BCUT2D eigenvalue weighted by Gasteiger charge is -2.12. The second-order valence-electron chi connectivity index (χ2n) is 5.49. The first-order chi connectivity index (χ1) is 11.5. The monoisotopic (exact) mass is 325 g/mol. The quantitative estimate of drug-likeness (QED) is 0.566. The molecule has 0 fully saturated rings. The molecule has 0 aliphatic heterocycles. The largest absolute Gasteiger partial charge is 0.462 e. The molecule has 0 saturated heterocycles. The molecule has 24 heavy (non-hydrogen) atoms. The first kappa shape index (κ1) is 15.8. The molecule has 0 radical (unpaired) electrons. The van der Waals surface area contributed by atoms with Crippen LogP contribution in [0, 0.1) is 13.8 Å². The van der Waals surface area contributed by atoms with Gasteiger partial charge in [-0.1, -0.05) is 6.07 Å². The zero-order valence-corrected chi connectivity index (χ0v) is 13.8. The minimum Gasteiger partial charge on any atom is -0.462 e. The van der Waals surface area contributed by atoms with Crippen LogP contribution in [0.2, 0.25) is 0 Å². The van der Waals surface area contributed by atoms with Crippen LogP contribution in [-0.4, -0.2) is 27.2 Å². The van der Waals surface area contributed by atoms with E-state index in [9.17, 15) is 4.79 Å². The number of nitrogens with two attached hydrogens (primary N) is 1. The van der Waals surface area contributed by atoms with Gasteiger partial charge in [-0.05, 0) is 44.5 Å². The van der Waals surface area contributed by atoms with Crippen molar-refractivity contribution in [3.05, 3.63) is 47.3 Å². The van der Waals surface area contributed by atoms with Gasteiger partial charge < -0.3 is 15.8 Å². The Morgan fingerprint density at radius 1 is 1.33 bits per heavy atom. The lowest BCUT2D eigenvalue weighted by atomic mass is 10.2. The smallest absolute Gasteiger partial charge is 0.339 e. The Bertz CT molecular complexity index is 917. The number of rotatable bonds is 4. The number of ether oxygens (including phenoxy) is 1. The lowest BCUT2D eigenvalue weighted by molar-refractivity contribution is 0.0525. The van der Waals surface area contributed by atoms with Crippen molar-refractivity contribution in [1.29, 1.82) is 0 Å². The maximum atomic E-state index is 12.1. The number of anilines is 3. The van der Waals surface area contributed by atoms with Gasteiger partial charge in [0.1, 0.15) is 0 Å². The summed E-state index contributed by atoms with van der Waals surface area (Å²) in [5, 5.41) is 11.4. The molecule has 1 aromatic carbocycles. The predicted octanol–water partition coefficient (Wildman–Crippen LogP) is 2.85. The van der Waals surface area contributed by atoms with Crippen molar-refractivity contribution in [2.45, 2.75) is 20.8 Å². The second kappa shape index (κ2) is 6.19. The fourth-order valence-corrected chi connectivity index (χ4v) is 2.59. The summed E-state index contributed by atoms with van der Waals surface area (Å²) in [7, 11) is 0. The first-order valence-electron chi connectivity index (χ1n) is 7.65. The van der Waals surface area contributed by atoms with Gasteiger partial charge in [-0.25, -0.2) is 4.79 Å². The molecule has 0 unspecified atom stereocenters. The molecule has 3 N–H and O–H groups in total. The van der Waals surface area contributed by atoms with E-state index in [1.807, 2.05) is 36.4 Å². The molecule has 7 nitrogen and oxygen atoms in total. The van der Waals surface area contributed by atoms with Crippen molar-refractivity contribution in [2.24, 2.45) is 0 Å². The van der Waals surface area contributed by atoms with Crippen LogP contribution in [0.15, 0.2) is 30.5 Å².